The highest BCUT2D eigenvalue weighted by Crippen LogP contribution is 2.28. The maximum Gasteiger partial charge on any atom is 0.126 e. The Kier molecular flexibility index (Phi) is 8.46. The Balaban J connectivity index is 1.81. The van der Waals surface area contributed by atoms with Crippen LogP contribution in [0.1, 0.15) is 70.9 Å². The summed E-state index contributed by atoms with van der Waals surface area (Å²) in [6.45, 7) is 6.24. The molecule has 1 aromatic heterocycles. The minimum Gasteiger partial charge on any atom is -0.344 e. The third-order valence-corrected chi connectivity index (χ3v) is 6.94. The quantitative estimate of drug-likeness (QED) is 0.281. The first-order valence-corrected chi connectivity index (χ1v) is 13.1. The first kappa shape index (κ1) is 25.2. The number of aromatic nitrogens is 1. The van der Waals surface area contributed by atoms with Crippen LogP contribution in [0.5, 0.6) is 0 Å². The number of benzene rings is 2. The molecule has 35 heavy (non-hydrogen) atoms. The van der Waals surface area contributed by atoms with Gasteiger partial charge in [0.2, 0.25) is 0 Å². The van der Waals surface area contributed by atoms with E-state index in [1.807, 2.05) is 13.1 Å². The minimum atomic E-state index is -0.376. The van der Waals surface area contributed by atoms with Crippen LogP contribution in [0.3, 0.4) is 0 Å². The Morgan fingerprint density at radius 3 is 2.51 bits per heavy atom. The average Bonchev–Trinajstić information content (AvgIpc) is 3.21. The van der Waals surface area contributed by atoms with Gasteiger partial charge >= 0.3 is 0 Å². The fourth-order valence-electron chi connectivity index (χ4n) is 4.94. The lowest BCUT2D eigenvalue weighted by Gasteiger charge is -2.23. The van der Waals surface area contributed by atoms with E-state index in [1.54, 1.807) is 6.07 Å². The second-order valence-electron chi connectivity index (χ2n) is 9.33. The first-order chi connectivity index (χ1) is 17.0. The number of hydrogen-bond acceptors (Lipinski definition) is 1. The number of rotatable bonds is 6. The molecule has 1 aliphatic rings. The van der Waals surface area contributed by atoms with Crippen LogP contribution >= 0.6 is 11.6 Å². The molecule has 0 radical (unpaired) electrons. The van der Waals surface area contributed by atoms with Gasteiger partial charge in [0, 0.05) is 45.3 Å². The van der Waals surface area contributed by atoms with Crippen LogP contribution in [0.4, 0.5) is 10.1 Å². The number of amidine groups is 1. The molecule has 1 saturated carbocycles. The summed E-state index contributed by atoms with van der Waals surface area (Å²) in [4.78, 5) is 4.75. The third-order valence-electron chi connectivity index (χ3n) is 6.73. The summed E-state index contributed by atoms with van der Waals surface area (Å²) < 4.78 is 16.3. The van der Waals surface area contributed by atoms with Crippen LogP contribution in [-0.4, -0.2) is 10.4 Å². The summed E-state index contributed by atoms with van der Waals surface area (Å²) in [7, 11) is 0. The molecule has 1 aliphatic carbocycles. The van der Waals surface area contributed by atoms with Crippen LogP contribution in [0, 0.1) is 5.82 Å². The molecular formula is C30H35ClFN3. The molecule has 3 nitrogen and oxygen atoms in total. The molecule has 5 heteroatoms. The first-order valence-electron chi connectivity index (χ1n) is 12.8. The fraction of sp³-hybridized carbons (Fsp3) is 0.367. The van der Waals surface area contributed by atoms with E-state index in [4.69, 9.17) is 16.6 Å². The van der Waals surface area contributed by atoms with Crippen LogP contribution < -0.4 is 15.9 Å². The van der Waals surface area contributed by atoms with Crippen LogP contribution in [-0.2, 0) is 6.42 Å². The van der Waals surface area contributed by atoms with Gasteiger partial charge in [0.25, 0.3) is 0 Å². The van der Waals surface area contributed by atoms with Crippen LogP contribution in [0.15, 0.2) is 53.7 Å². The number of anilines is 1. The minimum absolute atomic E-state index is 0.353. The molecule has 0 spiro atoms. The predicted octanol–water partition coefficient (Wildman–Crippen LogP) is 7.47. The molecule has 0 atom stereocenters. The standard InChI is InChI=1S/C30H35ClFN3/c1-4-9-30-28(19-33-21(3)34-26-17-24(31)16-25(32)18-26)29(23-14-12-22(5-2)13-15-23)20-35(30)27-10-7-6-8-11-27/h9,12-20,27H,4-8,10-11H2,1-3H3,(H,33,34)/b28-19-,30-9-. The molecule has 0 saturated heterocycles. The molecule has 3 aromatic rings. The lowest BCUT2D eigenvalue weighted by Crippen LogP contribution is -2.32. The summed E-state index contributed by atoms with van der Waals surface area (Å²) in [6, 6.07) is 13.8. The molecule has 0 aliphatic heterocycles. The zero-order chi connectivity index (χ0) is 24.8. The molecule has 2 aromatic carbocycles. The van der Waals surface area contributed by atoms with Gasteiger partial charge in [-0.15, -0.1) is 0 Å². The normalized spacial score (nSPS) is 16.2. The smallest absolute Gasteiger partial charge is 0.126 e. The van der Waals surface area contributed by atoms with Gasteiger partial charge in [-0.1, -0.05) is 75.1 Å². The number of nitrogens with one attached hydrogen (secondary N) is 1. The summed E-state index contributed by atoms with van der Waals surface area (Å²) in [5.41, 5.74) is 4.31. The van der Waals surface area contributed by atoms with E-state index >= 15 is 0 Å². The van der Waals surface area contributed by atoms with Crippen molar-refractivity contribution in [1.82, 2.24) is 4.57 Å². The predicted molar refractivity (Wildman–Crippen MR) is 148 cm³/mol. The molecular weight excluding hydrogens is 457 g/mol. The Labute approximate surface area is 213 Å². The van der Waals surface area contributed by atoms with E-state index in [0.717, 1.165) is 18.1 Å². The summed E-state index contributed by atoms with van der Waals surface area (Å²) in [5.74, 6) is 0.297. The highest BCUT2D eigenvalue weighted by Gasteiger charge is 2.18. The highest BCUT2D eigenvalue weighted by molar-refractivity contribution is 6.30. The Morgan fingerprint density at radius 2 is 1.86 bits per heavy atom. The van der Waals surface area contributed by atoms with Crippen molar-refractivity contribution in [2.75, 3.05) is 5.32 Å². The van der Waals surface area contributed by atoms with Crippen molar-refractivity contribution in [3.8, 4) is 11.1 Å². The molecule has 4 rings (SSSR count). The molecule has 0 unspecified atom stereocenters. The van der Waals surface area contributed by atoms with E-state index in [0.29, 0.717) is 22.6 Å². The monoisotopic (exact) mass is 491 g/mol. The van der Waals surface area contributed by atoms with Crippen molar-refractivity contribution in [2.24, 2.45) is 4.99 Å². The number of halogens is 2. The number of aryl methyl sites for hydroxylation is 1. The lowest BCUT2D eigenvalue weighted by atomic mass is 9.95. The van der Waals surface area contributed by atoms with Gasteiger partial charge in [0.05, 0.1) is 0 Å². The van der Waals surface area contributed by atoms with Crippen molar-refractivity contribution in [3.63, 3.8) is 0 Å². The molecule has 1 heterocycles. The van der Waals surface area contributed by atoms with E-state index in [2.05, 4.69) is 60.3 Å². The van der Waals surface area contributed by atoms with Gasteiger partial charge in [-0.3, -0.25) is 0 Å². The summed E-state index contributed by atoms with van der Waals surface area (Å²) in [6.07, 6.45) is 14.9. The van der Waals surface area contributed by atoms with Crippen molar-refractivity contribution in [2.45, 2.75) is 71.8 Å². The second-order valence-corrected chi connectivity index (χ2v) is 9.77. The highest BCUT2D eigenvalue weighted by atomic mass is 35.5. The van der Waals surface area contributed by atoms with Gasteiger partial charge in [0.1, 0.15) is 11.7 Å². The molecule has 184 valence electrons. The number of aliphatic imine (C=N–C) groups is 1. The Bertz CT molecular complexity index is 1280. The van der Waals surface area contributed by atoms with Gasteiger partial charge in [0.15, 0.2) is 0 Å². The van der Waals surface area contributed by atoms with E-state index in [1.165, 1.54) is 66.3 Å². The van der Waals surface area contributed by atoms with Crippen LogP contribution in [0.2, 0.25) is 5.02 Å². The van der Waals surface area contributed by atoms with Gasteiger partial charge in [-0.2, -0.15) is 0 Å². The molecule has 1 fully saturated rings. The number of hydrogen-bond donors (Lipinski definition) is 1. The largest absolute Gasteiger partial charge is 0.344 e. The second kappa shape index (κ2) is 11.7. The third kappa shape index (κ3) is 6.24. The average molecular weight is 492 g/mol. The summed E-state index contributed by atoms with van der Waals surface area (Å²) in [5, 5.41) is 5.88. The van der Waals surface area contributed by atoms with Crippen molar-refractivity contribution in [3.05, 3.63) is 75.6 Å². The van der Waals surface area contributed by atoms with Gasteiger partial charge in [-0.25, -0.2) is 9.38 Å². The topological polar surface area (TPSA) is 29.3 Å². The Hall–Kier alpha value is -2.85. The molecule has 0 amide bonds. The molecule has 1 N–H and O–H groups in total. The van der Waals surface area contributed by atoms with Crippen molar-refractivity contribution < 1.29 is 4.39 Å². The SMILES string of the molecule is CC/C=c1/c(=C\N=C(C)Nc2cc(F)cc(Cl)c2)c(-c2ccc(CC)cc2)cn1C1CCCCC1. The van der Waals surface area contributed by atoms with Crippen molar-refractivity contribution >= 4 is 35.4 Å². The van der Waals surface area contributed by atoms with Crippen LogP contribution in [0.25, 0.3) is 23.4 Å². The maximum absolute atomic E-state index is 13.8. The van der Waals surface area contributed by atoms with E-state index in [-0.39, 0.29) is 5.82 Å². The summed E-state index contributed by atoms with van der Waals surface area (Å²) >= 11 is 6.01. The molecule has 0 bridgehead atoms. The van der Waals surface area contributed by atoms with Gasteiger partial charge < -0.3 is 9.88 Å². The van der Waals surface area contributed by atoms with Gasteiger partial charge in [-0.05, 0) is 61.9 Å². The van der Waals surface area contributed by atoms with E-state index in [9.17, 15) is 4.39 Å². The number of nitrogens with zero attached hydrogens (tertiary/aromatic N) is 2. The maximum atomic E-state index is 13.8. The van der Waals surface area contributed by atoms with Crippen molar-refractivity contribution in [1.29, 1.82) is 0 Å². The van der Waals surface area contributed by atoms with E-state index < -0.39 is 0 Å². The zero-order valence-corrected chi connectivity index (χ0v) is 21.7. The fourth-order valence-corrected chi connectivity index (χ4v) is 5.16. The Morgan fingerprint density at radius 1 is 1.11 bits per heavy atom. The zero-order valence-electron chi connectivity index (χ0n) is 21.0. The lowest BCUT2D eigenvalue weighted by molar-refractivity contribution is 0.349.